The topological polar surface area (TPSA) is 51.2 Å². The van der Waals surface area contributed by atoms with E-state index in [1.807, 2.05) is 18.2 Å². The lowest BCUT2D eigenvalue weighted by Gasteiger charge is -2.19. The molecule has 0 atom stereocenters. The smallest absolute Gasteiger partial charge is 0.202 e. The molecule has 0 radical (unpaired) electrons. The maximum atomic E-state index is 5.22. The van der Waals surface area contributed by atoms with Crippen LogP contribution in [0.4, 0.5) is 0 Å². The van der Waals surface area contributed by atoms with E-state index in [0.29, 0.717) is 18.1 Å². The van der Waals surface area contributed by atoms with Gasteiger partial charge >= 0.3 is 0 Å². The number of aromatic nitrogens is 1. The Balaban J connectivity index is 2.03. The highest BCUT2D eigenvalue weighted by atomic mass is 16.5. The fraction of sp³-hybridized carbons (Fsp3) is 0.417. The molecule has 86 valence electrons. The summed E-state index contributed by atoms with van der Waals surface area (Å²) in [7, 11) is 0. The number of hydrogen-bond acceptors (Lipinski definition) is 4. The number of nitrogens with zero attached hydrogens (tertiary/aromatic N) is 1. The Morgan fingerprint density at radius 1 is 1.31 bits per heavy atom. The van der Waals surface area contributed by atoms with Gasteiger partial charge in [0.05, 0.1) is 12.0 Å². The van der Waals surface area contributed by atoms with Crippen LogP contribution in [0.15, 0.2) is 33.4 Å². The first-order chi connectivity index (χ1) is 7.54. The Bertz CT molecular complexity index is 438. The summed E-state index contributed by atoms with van der Waals surface area (Å²) >= 11 is 0. The first-order valence-electron chi connectivity index (χ1n) is 5.29. The standard InChI is InChI=1S/C12H16N2O2/c1-12(2,3)13-8-9-7-11(16-14-9)10-5-4-6-15-10/h4-7,13H,8H2,1-3H3. The largest absolute Gasteiger partial charge is 0.461 e. The Morgan fingerprint density at radius 2 is 2.12 bits per heavy atom. The van der Waals surface area contributed by atoms with Crippen LogP contribution >= 0.6 is 0 Å². The zero-order valence-corrected chi connectivity index (χ0v) is 9.78. The molecule has 0 saturated heterocycles. The average molecular weight is 220 g/mol. The van der Waals surface area contributed by atoms with Crippen LogP contribution in [0.1, 0.15) is 26.5 Å². The van der Waals surface area contributed by atoms with E-state index in [2.05, 4.69) is 31.2 Å². The van der Waals surface area contributed by atoms with Crippen molar-refractivity contribution >= 4 is 0 Å². The second kappa shape index (κ2) is 4.14. The molecule has 0 saturated carbocycles. The second-order valence-electron chi connectivity index (χ2n) is 4.76. The van der Waals surface area contributed by atoms with E-state index < -0.39 is 0 Å². The molecule has 0 amide bonds. The van der Waals surface area contributed by atoms with E-state index >= 15 is 0 Å². The van der Waals surface area contributed by atoms with E-state index in [0.717, 1.165) is 5.69 Å². The summed E-state index contributed by atoms with van der Waals surface area (Å²) in [5.41, 5.74) is 0.949. The van der Waals surface area contributed by atoms with Gasteiger partial charge in [0.2, 0.25) is 5.76 Å². The molecule has 1 N–H and O–H groups in total. The molecule has 2 rings (SSSR count). The number of nitrogens with one attached hydrogen (secondary N) is 1. The van der Waals surface area contributed by atoms with Crippen LogP contribution in [0.25, 0.3) is 11.5 Å². The van der Waals surface area contributed by atoms with E-state index in [-0.39, 0.29) is 5.54 Å². The van der Waals surface area contributed by atoms with Gasteiger partial charge in [-0.15, -0.1) is 0 Å². The van der Waals surface area contributed by atoms with E-state index in [4.69, 9.17) is 8.94 Å². The minimum Gasteiger partial charge on any atom is -0.461 e. The van der Waals surface area contributed by atoms with Gasteiger partial charge in [-0.2, -0.15) is 0 Å². The van der Waals surface area contributed by atoms with Crippen LogP contribution in [0.2, 0.25) is 0 Å². The molecule has 2 heterocycles. The van der Waals surface area contributed by atoms with Crippen molar-refractivity contribution in [3.8, 4) is 11.5 Å². The Hall–Kier alpha value is -1.55. The Morgan fingerprint density at radius 3 is 2.75 bits per heavy atom. The minimum atomic E-state index is 0.0732. The Kier molecular flexibility index (Phi) is 2.83. The fourth-order valence-corrected chi connectivity index (χ4v) is 1.29. The van der Waals surface area contributed by atoms with Crippen molar-refractivity contribution in [3.05, 3.63) is 30.2 Å². The highest BCUT2D eigenvalue weighted by molar-refractivity contribution is 5.49. The average Bonchev–Trinajstić information content (AvgIpc) is 2.84. The van der Waals surface area contributed by atoms with Gasteiger partial charge in [0.25, 0.3) is 0 Å². The third-order valence-corrected chi connectivity index (χ3v) is 2.12. The van der Waals surface area contributed by atoms with Crippen molar-refractivity contribution < 1.29 is 8.94 Å². The third-order valence-electron chi connectivity index (χ3n) is 2.12. The zero-order chi connectivity index (χ0) is 11.6. The molecule has 4 nitrogen and oxygen atoms in total. The van der Waals surface area contributed by atoms with Crippen LogP contribution < -0.4 is 5.32 Å². The quantitative estimate of drug-likeness (QED) is 0.864. The number of furan rings is 1. The van der Waals surface area contributed by atoms with Gasteiger partial charge in [-0.25, -0.2) is 0 Å². The van der Waals surface area contributed by atoms with Crippen molar-refractivity contribution in [2.45, 2.75) is 32.9 Å². The highest BCUT2D eigenvalue weighted by Crippen LogP contribution is 2.20. The lowest BCUT2D eigenvalue weighted by molar-refractivity contribution is 0.387. The Labute approximate surface area is 94.6 Å². The molecule has 4 heteroatoms. The molecule has 0 bridgehead atoms. The van der Waals surface area contributed by atoms with Crippen molar-refractivity contribution in [3.63, 3.8) is 0 Å². The molecule has 0 fully saturated rings. The van der Waals surface area contributed by atoms with Crippen molar-refractivity contribution in [1.82, 2.24) is 10.5 Å². The van der Waals surface area contributed by atoms with Gasteiger partial charge in [-0.1, -0.05) is 5.16 Å². The first kappa shape index (κ1) is 11.0. The lowest BCUT2D eigenvalue weighted by Crippen LogP contribution is -2.35. The molecule has 2 aromatic rings. The molecular weight excluding hydrogens is 204 g/mol. The molecule has 0 aliphatic rings. The monoisotopic (exact) mass is 220 g/mol. The van der Waals surface area contributed by atoms with Gasteiger partial charge in [-0.05, 0) is 32.9 Å². The molecule has 0 unspecified atom stereocenters. The van der Waals surface area contributed by atoms with E-state index in [1.165, 1.54) is 0 Å². The second-order valence-corrected chi connectivity index (χ2v) is 4.76. The van der Waals surface area contributed by atoms with Crippen LogP contribution in [-0.2, 0) is 6.54 Å². The summed E-state index contributed by atoms with van der Waals surface area (Å²) in [6.07, 6.45) is 1.62. The van der Waals surface area contributed by atoms with Crippen LogP contribution in [0, 0.1) is 0 Å². The van der Waals surface area contributed by atoms with Crippen molar-refractivity contribution in [1.29, 1.82) is 0 Å². The third kappa shape index (κ3) is 2.73. The molecule has 0 spiro atoms. The summed E-state index contributed by atoms with van der Waals surface area (Å²) in [4.78, 5) is 0. The molecular formula is C12H16N2O2. The number of hydrogen-bond donors (Lipinski definition) is 1. The van der Waals surface area contributed by atoms with E-state index in [9.17, 15) is 0 Å². The SMILES string of the molecule is CC(C)(C)NCc1cc(-c2ccco2)on1. The molecule has 0 aromatic carbocycles. The van der Waals surface area contributed by atoms with Gasteiger partial charge in [0.15, 0.2) is 5.76 Å². The molecule has 2 aromatic heterocycles. The lowest BCUT2D eigenvalue weighted by atomic mass is 10.1. The summed E-state index contributed by atoms with van der Waals surface area (Å²) in [5, 5.41) is 7.32. The summed E-state index contributed by atoms with van der Waals surface area (Å²) in [6, 6.07) is 5.56. The predicted octanol–water partition coefficient (Wildman–Crippen LogP) is 2.82. The molecule has 16 heavy (non-hydrogen) atoms. The molecule has 0 aliphatic carbocycles. The minimum absolute atomic E-state index is 0.0732. The van der Waals surface area contributed by atoms with E-state index in [1.54, 1.807) is 6.26 Å². The first-order valence-corrected chi connectivity index (χ1v) is 5.29. The summed E-state index contributed by atoms with van der Waals surface area (Å²) in [6.45, 7) is 7.02. The van der Waals surface area contributed by atoms with Gasteiger partial charge < -0.3 is 14.3 Å². The normalized spacial score (nSPS) is 11.9. The van der Waals surface area contributed by atoms with Crippen LogP contribution in [-0.4, -0.2) is 10.7 Å². The summed E-state index contributed by atoms with van der Waals surface area (Å²) < 4.78 is 10.4. The van der Waals surface area contributed by atoms with Gasteiger partial charge in [0, 0.05) is 18.2 Å². The summed E-state index contributed by atoms with van der Waals surface area (Å²) in [5.74, 6) is 1.37. The van der Waals surface area contributed by atoms with Crippen molar-refractivity contribution in [2.75, 3.05) is 0 Å². The van der Waals surface area contributed by atoms with Crippen LogP contribution in [0.3, 0.4) is 0 Å². The predicted molar refractivity (Wildman–Crippen MR) is 60.8 cm³/mol. The van der Waals surface area contributed by atoms with Crippen LogP contribution in [0.5, 0.6) is 0 Å². The van der Waals surface area contributed by atoms with Crippen molar-refractivity contribution in [2.24, 2.45) is 0 Å². The highest BCUT2D eigenvalue weighted by Gasteiger charge is 2.12. The molecule has 0 aliphatic heterocycles. The maximum Gasteiger partial charge on any atom is 0.202 e. The zero-order valence-electron chi connectivity index (χ0n) is 9.78. The van der Waals surface area contributed by atoms with Gasteiger partial charge in [-0.3, -0.25) is 0 Å². The van der Waals surface area contributed by atoms with Gasteiger partial charge in [0.1, 0.15) is 0 Å². The number of rotatable bonds is 3. The fourth-order valence-electron chi connectivity index (χ4n) is 1.29. The maximum absolute atomic E-state index is 5.22.